The Labute approximate surface area is 122 Å². The average molecular weight is 271 g/mol. The lowest BCUT2D eigenvalue weighted by Crippen LogP contribution is -2.44. The maximum Gasteiger partial charge on any atom is 0.155 e. The topological polar surface area (TPSA) is 20.3 Å². The maximum atomic E-state index is 12.2. The van der Waals surface area contributed by atoms with Crippen LogP contribution in [0.2, 0.25) is 0 Å². The van der Waals surface area contributed by atoms with Gasteiger partial charge in [-0.3, -0.25) is 4.79 Å². The van der Waals surface area contributed by atoms with E-state index in [0.717, 1.165) is 25.1 Å². The predicted octanol–water partition coefficient (Wildman–Crippen LogP) is 3.80. The molecule has 2 rings (SSSR count). The SMILES string of the molecule is C=C(C)N1Cc2cc(C)c(CC)cc2CC1C(=O)CC. The monoisotopic (exact) mass is 271 g/mol. The molecule has 108 valence electrons. The van der Waals surface area contributed by atoms with Crippen LogP contribution in [-0.4, -0.2) is 16.7 Å². The van der Waals surface area contributed by atoms with Crippen LogP contribution < -0.4 is 0 Å². The van der Waals surface area contributed by atoms with Gasteiger partial charge in [-0.2, -0.15) is 0 Å². The number of ketones is 1. The molecule has 2 heteroatoms. The van der Waals surface area contributed by atoms with Gasteiger partial charge in [0.1, 0.15) is 0 Å². The second kappa shape index (κ2) is 5.82. The lowest BCUT2D eigenvalue weighted by molar-refractivity contribution is -0.123. The van der Waals surface area contributed by atoms with E-state index in [2.05, 4.69) is 37.5 Å². The molecule has 0 N–H and O–H groups in total. The quantitative estimate of drug-likeness (QED) is 0.830. The Hall–Kier alpha value is -1.57. The second-order valence-electron chi connectivity index (χ2n) is 5.80. The number of hydrogen-bond donors (Lipinski definition) is 0. The predicted molar refractivity (Wildman–Crippen MR) is 83.7 cm³/mol. The van der Waals surface area contributed by atoms with E-state index >= 15 is 0 Å². The van der Waals surface area contributed by atoms with Gasteiger partial charge < -0.3 is 4.90 Å². The zero-order valence-electron chi connectivity index (χ0n) is 13.1. The van der Waals surface area contributed by atoms with Crippen LogP contribution in [0.5, 0.6) is 0 Å². The Morgan fingerprint density at radius 3 is 2.60 bits per heavy atom. The Bertz CT molecular complexity index is 545. The highest BCUT2D eigenvalue weighted by molar-refractivity contribution is 5.84. The molecule has 20 heavy (non-hydrogen) atoms. The summed E-state index contributed by atoms with van der Waals surface area (Å²) in [5.41, 5.74) is 6.43. The van der Waals surface area contributed by atoms with Gasteiger partial charge in [-0.1, -0.05) is 32.6 Å². The summed E-state index contributed by atoms with van der Waals surface area (Å²) < 4.78 is 0. The number of carbonyl (C=O) groups is 1. The van der Waals surface area contributed by atoms with Gasteiger partial charge in [0, 0.05) is 25.1 Å². The molecule has 0 aliphatic carbocycles. The summed E-state index contributed by atoms with van der Waals surface area (Å²) in [5.74, 6) is 0.317. The van der Waals surface area contributed by atoms with Crippen molar-refractivity contribution in [2.45, 2.75) is 59.5 Å². The highest BCUT2D eigenvalue weighted by atomic mass is 16.1. The number of fused-ring (bicyclic) bond motifs is 1. The zero-order chi connectivity index (χ0) is 14.9. The minimum Gasteiger partial charge on any atom is -0.361 e. The standard InChI is InChI=1S/C18H25NO/c1-6-14-9-15-10-17(18(20)7-2)19(12(3)4)11-16(15)8-13(14)5/h8-9,17H,3,6-7,10-11H2,1-2,4-5H3. The summed E-state index contributed by atoms with van der Waals surface area (Å²) in [7, 11) is 0. The van der Waals surface area contributed by atoms with Gasteiger partial charge in [-0.15, -0.1) is 0 Å². The first-order valence-electron chi connectivity index (χ1n) is 7.54. The average Bonchev–Trinajstić information content (AvgIpc) is 2.44. The molecule has 1 aromatic carbocycles. The van der Waals surface area contributed by atoms with Crippen LogP contribution in [0.3, 0.4) is 0 Å². The van der Waals surface area contributed by atoms with Crippen molar-refractivity contribution in [3.63, 3.8) is 0 Å². The molecule has 0 radical (unpaired) electrons. The molecule has 0 spiro atoms. The van der Waals surface area contributed by atoms with Gasteiger partial charge in [-0.25, -0.2) is 0 Å². The van der Waals surface area contributed by atoms with E-state index in [1.807, 2.05) is 13.8 Å². The first kappa shape index (κ1) is 14.8. The summed E-state index contributed by atoms with van der Waals surface area (Å²) in [6.45, 7) is 13.2. The van der Waals surface area contributed by atoms with E-state index < -0.39 is 0 Å². The third-order valence-electron chi connectivity index (χ3n) is 4.38. The second-order valence-corrected chi connectivity index (χ2v) is 5.80. The van der Waals surface area contributed by atoms with Crippen molar-refractivity contribution < 1.29 is 4.79 Å². The summed E-state index contributed by atoms with van der Waals surface area (Å²) in [5, 5.41) is 0. The minimum atomic E-state index is -0.0302. The van der Waals surface area contributed by atoms with Crippen LogP contribution in [0.25, 0.3) is 0 Å². The summed E-state index contributed by atoms with van der Waals surface area (Å²) in [4.78, 5) is 14.4. The van der Waals surface area contributed by atoms with Crippen molar-refractivity contribution in [2.75, 3.05) is 0 Å². The highest BCUT2D eigenvalue weighted by Crippen LogP contribution is 2.29. The molecule has 0 amide bonds. The van der Waals surface area contributed by atoms with E-state index in [0.29, 0.717) is 12.2 Å². The van der Waals surface area contributed by atoms with Gasteiger partial charge in [0.2, 0.25) is 0 Å². The molecular weight excluding hydrogens is 246 g/mol. The van der Waals surface area contributed by atoms with Gasteiger partial charge in [-0.05, 0) is 42.5 Å². The maximum absolute atomic E-state index is 12.2. The molecule has 1 atom stereocenters. The largest absolute Gasteiger partial charge is 0.361 e. The van der Waals surface area contributed by atoms with E-state index in [4.69, 9.17) is 0 Å². The molecular formula is C18H25NO. The molecule has 0 bridgehead atoms. The Balaban J connectivity index is 2.42. The van der Waals surface area contributed by atoms with Crippen molar-refractivity contribution >= 4 is 5.78 Å². The van der Waals surface area contributed by atoms with Gasteiger partial charge in [0.25, 0.3) is 0 Å². The highest BCUT2D eigenvalue weighted by Gasteiger charge is 2.30. The fraction of sp³-hybridized carbons (Fsp3) is 0.500. The number of allylic oxidation sites excluding steroid dienone is 1. The normalized spacial score (nSPS) is 17.8. The number of hydrogen-bond acceptors (Lipinski definition) is 2. The van der Waals surface area contributed by atoms with Crippen molar-refractivity contribution in [1.29, 1.82) is 0 Å². The van der Waals surface area contributed by atoms with Gasteiger partial charge in [0.05, 0.1) is 6.04 Å². The molecule has 1 unspecified atom stereocenters. The fourth-order valence-corrected chi connectivity index (χ4v) is 3.12. The first-order chi connectivity index (χ1) is 9.47. The molecule has 0 saturated heterocycles. The summed E-state index contributed by atoms with van der Waals surface area (Å²) in [6.07, 6.45) is 2.47. The number of benzene rings is 1. The summed E-state index contributed by atoms with van der Waals surface area (Å²) in [6, 6.07) is 4.56. The minimum absolute atomic E-state index is 0.0302. The molecule has 1 aliphatic heterocycles. The molecule has 2 nitrogen and oxygen atoms in total. The molecule has 1 heterocycles. The van der Waals surface area contributed by atoms with Crippen molar-refractivity contribution in [3.05, 3.63) is 46.7 Å². The molecule has 0 fully saturated rings. The summed E-state index contributed by atoms with van der Waals surface area (Å²) >= 11 is 0. The van der Waals surface area contributed by atoms with Crippen LogP contribution in [-0.2, 0) is 24.2 Å². The van der Waals surface area contributed by atoms with Crippen LogP contribution >= 0.6 is 0 Å². The van der Waals surface area contributed by atoms with Crippen molar-refractivity contribution in [1.82, 2.24) is 4.90 Å². The number of aryl methyl sites for hydroxylation is 2. The number of nitrogens with zero attached hydrogens (tertiary/aromatic N) is 1. The molecule has 1 aliphatic rings. The molecule has 1 aromatic rings. The van der Waals surface area contributed by atoms with E-state index in [9.17, 15) is 4.79 Å². The van der Waals surface area contributed by atoms with Crippen LogP contribution in [0.4, 0.5) is 0 Å². The van der Waals surface area contributed by atoms with Crippen molar-refractivity contribution in [2.24, 2.45) is 0 Å². The van der Waals surface area contributed by atoms with Gasteiger partial charge >= 0.3 is 0 Å². The Kier molecular flexibility index (Phi) is 4.32. The van der Waals surface area contributed by atoms with E-state index in [1.165, 1.54) is 22.3 Å². The fourth-order valence-electron chi connectivity index (χ4n) is 3.12. The van der Waals surface area contributed by atoms with Crippen LogP contribution in [0.15, 0.2) is 24.4 Å². The number of rotatable bonds is 4. The number of carbonyl (C=O) groups excluding carboxylic acids is 1. The Morgan fingerprint density at radius 1 is 1.35 bits per heavy atom. The molecule has 0 saturated carbocycles. The lowest BCUT2D eigenvalue weighted by Gasteiger charge is -2.38. The van der Waals surface area contributed by atoms with Gasteiger partial charge in [0.15, 0.2) is 5.78 Å². The van der Waals surface area contributed by atoms with E-state index in [1.54, 1.807) is 0 Å². The third-order valence-corrected chi connectivity index (χ3v) is 4.38. The first-order valence-corrected chi connectivity index (χ1v) is 7.54. The zero-order valence-corrected chi connectivity index (χ0v) is 13.1. The van der Waals surface area contributed by atoms with Crippen LogP contribution in [0, 0.1) is 6.92 Å². The number of Topliss-reactive ketones (excluding diaryl/α,β-unsaturated/α-hetero) is 1. The molecule has 0 aromatic heterocycles. The smallest absolute Gasteiger partial charge is 0.155 e. The Morgan fingerprint density at radius 2 is 2.05 bits per heavy atom. The lowest BCUT2D eigenvalue weighted by atomic mass is 9.87. The van der Waals surface area contributed by atoms with Crippen molar-refractivity contribution in [3.8, 4) is 0 Å². The third kappa shape index (κ3) is 2.65. The van der Waals surface area contributed by atoms with E-state index in [-0.39, 0.29) is 6.04 Å². The van der Waals surface area contributed by atoms with Crippen LogP contribution in [0.1, 0.15) is 49.4 Å².